The lowest BCUT2D eigenvalue weighted by Gasteiger charge is -2.19. The molecule has 0 aliphatic heterocycles. The van der Waals surface area contributed by atoms with E-state index in [0.29, 0.717) is 18.1 Å². The summed E-state index contributed by atoms with van der Waals surface area (Å²) in [5, 5.41) is 9.48. The summed E-state index contributed by atoms with van der Waals surface area (Å²) in [6, 6.07) is 15.4. The van der Waals surface area contributed by atoms with E-state index < -0.39 is 6.10 Å². The number of hydrogen-bond acceptors (Lipinski definition) is 5. The second kappa shape index (κ2) is 9.15. The molecule has 0 saturated heterocycles. The van der Waals surface area contributed by atoms with Gasteiger partial charge >= 0.3 is 0 Å². The Morgan fingerprint density at radius 1 is 1.04 bits per heavy atom. The van der Waals surface area contributed by atoms with Crippen molar-refractivity contribution in [3.05, 3.63) is 59.7 Å². The van der Waals surface area contributed by atoms with Gasteiger partial charge in [0.2, 0.25) is 0 Å². The Hall–Kier alpha value is -2.08. The highest BCUT2D eigenvalue weighted by Gasteiger charge is 2.17. The second-order valence-corrected chi connectivity index (χ2v) is 4.92. The topological polar surface area (TPSA) is 57.2 Å². The molecule has 0 aliphatic rings. The molecule has 2 aromatic carbocycles. The molecule has 1 N–H and O–H groups in total. The fraction of sp³-hybridized carbons (Fsp3) is 0.333. The van der Waals surface area contributed by atoms with E-state index >= 15 is 0 Å². The third-order valence-corrected chi connectivity index (χ3v) is 3.35. The molecule has 5 heteroatoms. The average molecular weight is 318 g/mol. The summed E-state index contributed by atoms with van der Waals surface area (Å²) in [5.74, 6) is 1.29. The molecule has 0 spiro atoms. The molecular weight excluding hydrogens is 296 g/mol. The van der Waals surface area contributed by atoms with E-state index in [1.165, 1.54) is 7.11 Å². The van der Waals surface area contributed by atoms with E-state index in [-0.39, 0.29) is 13.4 Å². The lowest BCUT2D eigenvalue weighted by molar-refractivity contribution is -0.0894. The molecule has 0 aromatic heterocycles. The summed E-state index contributed by atoms with van der Waals surface area (Å²) in [4.78, 5) is 0. The van der Waals surface area contributed by atoms with E-state index in [9.17, 15) is 5.11 Å². The summed E-state index contributed by atoms with van der Waals surface area (Å²) >= 11 is 0. The van der Waals surface area contributed by atoms with Crippen molar-refractivity contribution in [1.82, 2.24) is 0 Å². The minimum absolute atomic E-state index is 0.0979. The van der Waals surface area contributed by atoms with E-state index in [1.54, 1.807) is 13.2 Å². The number of hydrogen-bond donors (Lipinski definition) is 1. The van der Waals surface area contributed by atoms with E-state index in [4.69, 9.17) is 18.9 Å². The SMILES string of the molecule is COCO[C@H](CO)c1ccc(OCc2ccccc2)cc1OC. The van der Waals surface area contributed by atoms with Crippen LogP contribution in [0.25, 0.3) is 0 Å². The average Bonchev–Trinajstić information content (AvgIpc) is 2.62. The third-order valence-electron chi connectivity index (χ3n) is 3.35. The fourth-order valence-electron chi connectivity index (χ4n) is 2.18. The zero-order chi connectivity index (χ0) is 16.5. The lowest BCUT2D eigenvalue weighted by atomic mass is 10.1. The Morgan fingerprint density at radius 2 is 1.83 bits per heavy atom. The van der Waals surface area contributed by atoms with Crippen molar-refractivity contribution in [2.24, 2.45) is 0 Å². The van der Waals surface area contributed by atoms with Gasteiger partial charge < -0.3 is 24.1 Å². The van der Waals surface area contributed by atoms with Crippen LogP contribution in [0.15, 0.2) is 48.5 Å². The summed E-state index contributed by atoms with van der Waals surface area (Å²) in [5.41, 5.74) is 1.84. The maximum atomic E-state index is 9.48. The molecule has 5 nitrogen and oxygen atoms in total. The molecule has 0 saturated carbocycles. The summed E-state index contributed by atoms with van der Waals surface area (Å²) in [6.45, 7) is 0.414. The van der Waals surface area contributed by atoms with Crippen LogP contribution in [-0.4, -0.2) is 32.7 Å². The lowest BCUT2D eigenvalue weighted by Crippen LogP contribution is -2.12. The molecule has 0 radical (unpaired) electrons. The van der Waals surface area contributed by atoms with Crippen LogP contribution in [0.1, 0.15) is 17.2 Å². The minimum Gasteiger partial charge on any atom is -0.496 e. The summed E-state index contributed by atoms with van der Waals surface area (Å²) in [7, 11) is 3.11. The highest BCUT2D eigenvalue weighted by molar-refractivity contribution is 5.42. The van der Waals surface area contributed by atoms with Crippen LogP contribution in [0.2, 0.25) is 0 Å². The smallest absolute Gasteiger partial charge is 0.147 e. The number of aliphatic hydroxyl groups excluding tert-OH is 1. The van der Waals surface area contributed by atoms with Crippen LogP contribution in [0.5, 0.6) is 11.5 Å². The zero-order valence-electron chi connectivity index (χ0n) is 13.4. The monoisotopic (exact) mass is 318 g/mol. The first-order valence-electron chi connectivity index (χ1n) is 7.34. The quantitative estimate of drug-likeness (QED) is 0.720. The molecule has 124 valence electrons. The van der Waals surface area contributed by atoms with E-state index in [1.807, 2.05) is 42.5 Å². The summed E-state index contributed by atoms with van der Waals surface area (Å²) in [6.07, 6.45) is -0.506. The van der Waals surface area contributed by atoms with Crippen LogP contribution < -0.4 is 9.47 Å². The Bertz CT molecular complexity index is 585. The third kappa shape index (κ3) is 4.96. The number of rotatable bonds is 9. The van der Waals surface area contributed by atoms with Crippen LogP contribution in [-0.2, 0) is 16.1 Å². The molecule has 0 heterocycles. The molecule has 0 unspecified atom stereocenters. The molecule has 2 aromatic rings. The van der Waals surface area contributed by atoms with E-state index in [2.05, 4.69) is 0 Å². The number of methoxy groups -OCH3 is 2. The van der Waals surface area contributed by atoms with Gasteiger partial charge in [-0.25, -0.2) is 0 Å². The van der Waals surface area contributed by atoms with Crippen molar-refractivity contribution >= 4 is 0 Å². The Kier molecular flexibility index (Phi) is 6.87. The first-order valence-corrected chi connectivity index (χ1v) is 7.34. The van der Waals surface area contributed by atoms with Gasteiger partial charge in [0.15, 0.2) is 0 Å². The molecule has 0 amide bonds. The summed E-state index contributed by atoms with van der Waals surface area (Å²) < 4.78 is 21.5. The molecule has 0 fully saturated rings. The molecule has 2 rings (SSSR count). The molecule has 23 heavy (non-hydrogen) atoms. The number of benzene rings is 2. The first-order chi connectivity index (χ1) is 11.3. The van der Waals surface area contributed by atoms with Gasteiger partial charge in [-0.15, -0.1) is 0 Å². The molecule has 0 aliphatic carbocycles. The van der Waals surface area contributed by atoms with Crippen molar-refractivity contribution in [1.29, 1.82) is 0 Å². The van der Waals surface area contributed by atoms with Crippen molar-refractivity contribution in [2.75, 3.05) is 27.6 Å². The maximum Gasteiger partial charge on any atom is 0.147 e. The molecule has 0 bridgehead atoms. The van der Waals surface area contributed by atoms with Gasteiger partial charge in [0.1, 0.15) is 31.0 Å². The fourth-order valence-corrected chi connectivity index (χ4v) is 2.18. The maximum absolute atomic E-state index is 9.48. The van der Waals surface area contributed by atoms with Gasteiger partial charge in [0.05, 0.1) is 13.7 Å². The number of aliphatic hydroxyl groups is 1. The van der Waals surface area contributed by atoms with Crippen molar-refractivity contribution in [2.45, 2.75) is 12.7 Å². The van der Waals surface area contributed by atoms with Gasteiger partial charge in [-0.05, 0) is 17.7 Å². The Balaban J connectivity index is 2.09. The standard InChI is InChI=1S/C18H22O5/c1-20-13-23-18(11-19)16-9-8-15(10-17(16)21-2)22-12-14-6-4-3-5-7-14/h3-10,18-19H,11-13H2,1-2H3/t18-/m1/s1. The normalized spacial score (nSPS) is 12.0. The van der Waals surface area contributed by atoms with Crippen molar-refractivity contribution in [3.63, 3.8) is 0 Å². The van der Waals surface area contributed by atoms with Gasteiger partial charge in [-0.1, -0.05) is 30.3 Å². The van der Waals surface area contributed by atoms with Crippen LogP contribution in [0.4, 0.5) is 0 Å². The van der Waals surface area contributed by atoms with E-state index in [0.717, 1.165) is 11.1 Å². The van der Waals surface area contributed by atoms with Gasteiger partial charge in [-0.3, -0.25) is 0 Å². The Morgan fingerprint density at radius 3 is 2.48 bits per heavy atom. The Labute approximate surface area is 136 Å². The van der Waals surface area contributed by atoms with Crippen molar-refractivity contribution in [3.8, 4) is 11.5 Å². The van der Waals surface area contributed by atoms with Crippen LogP contribution >= 0.6 is 0 Å². The highest BCUT2D eigenvalue weighted by atomic mass is 16.7. The minimum atomic E-state index is -0.506. The molecule has 1 atom stereocenters. The van der Waals surface area contributed by atoms with Crippen molar-refractivity contribution < 1.29 is 24.1 Å². The second-order valence-electron chi connectivity index (χ2n) is 4.92. The largest absolute Gasteiger partial charge is 0.496 e. The van der Waals surface area contributed by atoms with Crippen LogP contribution in [0.3, 0.4) is 0 Å². The molecular formula is C18H22O5. The number of ether oxygens (including phenoxy) is 4. The first kappa shape index (κ1) is 17.3. The van der Waals surface area contributed by atoms with Gasteiger partial charge in [-0.2, -0.15) is 0 Å². The zero-order valence-corrected chi connectivity index (χ0v) is 13.4. The predicted octanol–water partition coefficient (Wildman–Crippen LogP) is 2.93. The van der Waals surface area contributed by atoms with Gasteiger partial charge in [0.25, 0.3) is 0 Å². The predicted molar refractivity (Wildman–Crippen MR) is 86.6 cm³/mol. The van der Waals surface area contributed by atoms with Gasteiger partial charge in [0, 0.05) is 18.7 Å². The van der Waals surface area contributed by atoms with Crippen LogP contribution in [0, 0.1) is 0 Å². The highest BCUT2D eigenvalue weighted by Crippen LogP contribution is 2.31.